The molecule has 2 saturated heterocycles. The quantitative estimate of drug-likeness (QED) is 0.897. The number of phenols is 1. The second-order valence-electron chi connectivity index (χ2n) is 5.67. The third-order valence-electron chi connectivity index (χ3n) is 4.26. The lowest BCUT2D eigenvalue weighted by Crippen LogP contribution is -2.34. The van der Waals surface area contributed by atoms with Gasteiger partial charge in [0.1, 0.15) is 0 Å². The summed E-state index contributed by atoms with van der Waals surface area (Å²) in [5.41, 5.74) is 1.15. The molecule has 2 N–H and O–H groups in total. The second-order valence-corrected chi connectivity index (χ2v) is 5.67. The fraction of sp³-hybridized carbons (Fsp3) is 0.600. The Kier molecular flexibility index (Phi) is 5.13. The van der Waals surface area contributed by atoms with Crippen LogP contribution >= 0.6 is 12.4 Å². The lowest BCUT2D eigenvalue weighted by Gasteiger charge is -2.24. The highest BCUT2D eigenvalue weighted by Gasteiger charge is 2.29. The largest absolute Gasteiger partial charge is 0.504 e. The number of nitrogens with zero attached hydrogens (tertiary/aromatic N) is 1. The zero-order valence-electron chi connectivity index (χ0n) is 11.8. The molecule has 2 unspecified atom stereocenters. The minimum Gasteiger partial charge on any atom is -0.504 e. The van der Waals surface area contributed by atoms with Gasteiger partial charge in [0, 0.05) is 31.7 Å². The van der Waals surface area contributed by atoms with Crippen LogP contribution in [0.25, 0.3) is 0 Å². The van der Waals surface area contributed by atoms with Gasteiger partial charge in [0.15, 0.2) is 11.5 Å². The highest BCUT2D eigenvalue weighted by atomic mass is 35.5. The summed E-state index contributed by atoms with van der Waals surface area (Å²) < 4.78 is 5.08. The summed E-state index contributed by atoms with van der Waals surface area (Å²) in [7, 11) is 1.58. The van der Waals surface area contributed by atoms with Crippen LogP contribution in [0.15, 0.2) is 18.2 Å². The Labute approximate surface area is 126 Å². The van der Waals surface area contributed by atoms with Crippen molar-refractivity contribution < 1.29 is 9.84 Å². The first-order valence-corrected chi connectivity index (χ1v) is 7.09. The van der Waals surface area contributed by atoms with Crippen LogP contribution in [0.4, 0.5) is 0 Å². The van der Waals surface area contributed by atoms with Gasteiger partial charge in [0.05, 0.1) is 7.11 Å². The molecule has 2 aliphatic heterocycles. The monoisotopic (exact) mass is 298 g/mol. The number of hydrogen-bond donors (Lipinski definition) is 2. The molecule has 3 rings (SSSR count). The fourth-order valence-electron chi connectivity index (χ4n) is 3.25. The van der Waals surface area contributed by atoms with Crippen LogP contribution in [0.1, 0.15) is 24.8 Å². The van der Waals surface area contributed by atoms with E-state index in [0.29, 0.717) is 11.8 Å². The number of aromatic hydroxyl groups is 1. The van der Waals surface area contributed by atoms with Crippen LogP contribution in [0.2, 0.25) is 0 Å². The average Bonchev–Trinajstić information content (AvgIpc) is 2.73. The third kappa shape index (κ3) is 3.37. The number of methoxy groups -OCH3 is 1. The van der Waals surface area contributed by atoms with E-state index in [4.69, 9.17) is 4.74 Å². The van der Waals surface area contributed by atoms with Gasteiger partial charge in [-0.25, -0.2) is 0 Å². The van der Waals surface area contributed by atoms with Crippen LogP contribution in [0, 0.1) is 0 Å². The zero-order chi connectivity index (χ0) is 13.2. The Morgan fingerprint density at radius 3 is 2.85 bits per heavy atom. The van der Waals surface area contributed by atoms with Crippen LogP contribution in [0.5, 0.6) is 11.5 Å². The summed E-state index contributed by atoms with van der Waals surface area (Å²) in [5.74, 6) is 0.773. The second kappa shape index (κ2) is 6.66. The normalized spacial score (nSPS) is 25.9. The van der Waals surface area contributed by atoms with E-state index in [2.05, 4.69) is 10.2 Å². The van der Waals surface area contributed by atoms with E-state index in [1.807, 2.05) is 18.2 Å². The summed E-state index contributed by atoms with van der Waals surface area (Å²) in [6, 6.07) is 7.07. The molecule has 2 atom stereocenters. The first-order valence-electron chi connectivity index (χ1n) is 7.09. The number of likely N-dealkylation sites (tertiary alicyclic amines) is 1. The summed E-state index contributed by atoms with van der Waals surface area (Å²) in [5, 5.41) is 13.5. The summed E-state index contributed by atoms with van der Waals surface area (Å²) >= 11 is 0. The van der Waals surface area contributed by atoms with Gasteiger partial charge in [-0.2, -0.15) is 0 Å². The molecule has 0 spiro atoms. The van der Waals surface area contributed by atoms with E-state index in [-0.39, 0.29) is 18.2 Å². The summed E-state index contributed by atoms with van der Waals surface area (Å²) in [4.78, 5) is 2.48. The van der Waals surface area contributed by atoms with E-state index in [0.717, 1.165) is 31.2 Å². The topological polar surface area (TPSA) is 44.7 Å². The molecule has 5 heteroatoms. The van der Waals surface area contributed by atoms with Gasteiger partial charge in [0.25, 0.3) is 0 Å². The van der Waals surface area contributed by atoms with Crippen molar-refractivity contribution in [3.05, 3.63) is 23.8 Å². The highest BCUT2D eigenvalue weighted by Crippen LogP contribution is 2.27. The number of fused-ring (bicyclic) bond motifs is 2. The van der Waals surface area contributed by atoms with Gasteiger partial charge >= 0.3 is 0 Å². The minimum atomic E-state index is 0. The minimum absolute atomic E-state index is 0. The van der Waals surface area contributed by atoms with Gasteiger partial charge < -0.3 is 15.2 Å². The maximum atomic E-state index is 9.83. The lowest BCUT2D eigenvalue weighted by molar-refractivity contribution is 0.250. The van der Waals surface area contributed by atoms with Crippen molar-refractivity contribution in [1.82, 2.24) is 10.2 Å². The van der Waals surface area contributed by atoms with Crippen molar-refractivity contribution in [2.45, 2.75) is 37.9 Å². The van der Waals surface area contributed by atoms with Gasteiger partial charge in [0.2, 0.25) is 0 Å². The van der Waals surface area contributed by atoms with E-state index in [9.17, 15) is 5.11 Å². The molecule has 2 fully saturated rings. The SMILES string of the molecule is COc1ccc(CN2CCC3CCC(C2)N3)cc1O.Cl. The molecule has 112 valence electrons. The zero-order valence-corrected chi connectivity index (χ0v) is 12.7. The molecule has 1 aromatic carbocycles. The molecular weight excluding hydrogens is 276 g/mol. The molecule has 0 aliphatic carbocycles. The molecule has 4 nitrogen and oxygen atoms in total. The first kappa shape index (κ1) is 15.4. The van der Waals surface area contributed by atoms with Crippen LogP contribution in [-0.2, 0) is 6.54 Å². The van der Waals surface area contributed by atoms with E-state index >= 15 is 0 Å². The van der Waals surface area contributed by atoms with Crippen molar-refractivity contribution in [3.8, 4) is 11.5 Å². The predicted molar refractivity (Wildman–Crippen MR) is 81.7 cm³/mol. The van der Waals surface area contributed by atoms with E-state index < -0.39 is 0 Å². The molecule has 1 aromatic rings. The molecular formula is C15H23ClN2O2. The number of rotatable bonds is 3. The van der Waals surface area contributed by atoms with Crippen LogP contribution in [-0.4, -0.2) is 42.3 Å². The van der Waals surface area contributed by atoms with E-state index in [1.54, 1.807) is 7.11 Å². The number of nitrogens with one attached hydrogen (secondary N) is 1. The molecule has 0 radical (unpaired) electrons. The van der Waals surface area contributed by atoms with Crippen molar-refractivity contribution in [3.63, 3.8) is 0 Å². The van der Waals surface area contributed by atoms with Gasteiger partial charge in [-0.15, -0.1) is 12.4 Å². The molecule has 0 saturated carbocycles. The third-order valence-corrected chi connectivity index (χ3v) is 4.26. The molecule has 2 heterocycles. The Bertz CT molecular complexity index is 455. The van der Waals surface area contributed by atoms with Crippen LogP contribution < -0.4 is 10.1 Å². The number of benzene rings is 1. The van der Waals surface area contributed by atoms with E-state index in [1.165, 1.54) is 19.3 Å². The summed E-state index contributed by atoms with van der Waals surface area (Å²) in [6.45, 7) is 3.16. The standard InChI is InChI=1S/C15H22N2O2.ClH/c1-19-15-5-2-11(8-14(15)18)9-17-7-6-12-3-4-13(10-17)16-12;/h2,5,8,12-13,16,18H,3-4,6-7,9-10H2,1H3;1H. The molecule has 0 amide bonds. The molecule has 2 aliphatic rings. The molecule has 20 heavy (non-hydrogen) atoms. The Morgan fingerprint density at radius 1 is 1.30 bits per heavy atom. The predicted octanol–water partition coefficient (Wildman–Crippen LogP) is 2.15. The lowest BCUT2D eigenvalue weighted by atomic mass is 10.1. The van der Waals surface area contributed by atoms with Gasteiger partial charge in [-0.3, -0.25) is 4.90 Å². The number of hydrogen-bond acceptors (Lipinski definition) is 4. The highest BCUT2D eigenvalue weighted by molar-refractivity contribution is 5.85. The number of halogens is 1. The Hall–Kier alpha value is -0.970. The van der Waals surface area contributed by atoms with Gasteiger partial charge in [-0.05, 0) is 37.0 Å². The smallest absolute Gasteiger partial charge is 0.160 e. The van der Waals surface area contributed by atoms with Gasteiger partial charge in [-0.1, -0.05) is 6.07 Å². The maximum Gasteiger partial charge on any atom is 0.160 e. The summed E-state index contributed by atoms with van der Waals surface area (Å²) in [6.07, 6.45) is 3.87. The molecule has 0 aromatic heterocycles. The Morgan fingerprint density at radius 2 is 2.10 bits per heavy atom. The van der Waals surface area contributed by atoms with Crippen LogP contribution in [0.3, 0.4) is 0 Å². The maximum absolute atomic E-state index is 9.83. The van der Waals surface area contributed by atoms with Crippen molar-refractivity contribution in [2.75, 3.05) is 20.2 Å². The number of phenolic OH excluding ortho intramolecular Hbond substituents is 1. The van der Waals surface area contributed by atoms with Crippen molar-refractivity contribution >= 4 is 12.4 Å². The molecule has 2 bridgehead atoms. The Balaban J connectivity index is 0.00000147. The van der Waals surface area contributed by atoms with Crippen molar-refractivity contribution in [1.29, 1.82) is 0 Å². The average molecular weight is 299 g/mol. The fourth-order valence-corrected chi connectivity index (χ4v) is 3.25. The first-order chi connectivity index (χ1) is 9.24. The number of ether oxygens (including phenoxy) is 1. The van der Waals surface area contributed by atoms with Crippen molar-refractivity contribution in [2.24, 2.45) is 0 Å².